The smallest absolute Gasteiger partial charge is 0.358 e. The largest absolute Gasteiger partial charge is 0.461 e. The van der Waals surface area contributed by atoms with E-state index in [0.717, 1.165) is 25.7 Å². The molecule has 0 bridgehead atoms. The number of benzene rings is 1. The lowest BCUT2D eigenvalue weighted by Crippen LogP contribution is -2.65. The SMILES string of the molecule is CCOC(=O)c1cc2n(n1)C[C@@](C)(C(=O)NC1CCC(C)CC1)N(c1cccc(Cl)c1C)C2=O. The summed E-state index contributed by atoms with van der Waals surface area (Å²) in [5, 5.41) is 8.00. The monoisotopic (exact) mass is 486 g/mol. The normalized spacial score (nSPS) is 24.5. The Morgan fingerprint density at radius 1 is 1.26 bits per heavy atom. The van der Waals surface area contributed by atoms with Gasteiger partial charge in [0.1, 0.15) is 11.2 Å². The van der Waals surface area contributed by atoms with Crippen molar-refractivity contribution < 1.29 is 19.1 Å². The van der Waals surface area contributed by atoms with E-state index in [1.807, 2.05) is 6.92 Å². The third kappa shape index (κ3) is 4.31. The maximum absolute atomic E-state index is 13.8. The molecule has 1 N–H and O–H groups in total. The Morgan fingerprint density at radius 3 is 2.65 bits per heavy atom. The highest BCUT2D eigenvalue weighted by molar-refractivity contribution is 6.32. The van der Waals surface area contributed by atoms with Crippen molar-refractivity contribution in [1.82, 2.24) is 15.1 Å². The fourth-order valence-electron chi connectivity index (χ4n) is 4.85. The van der Waals surface area contributed by atoms with Crippen molar-refractivity contribution in [2.45, 2.75) is 71.5 Å². The molecular weight excluding hydrogens is 456 g/mol. The summed E-state index contributed by atoms with van der Waals surface area (Å²) in [6.07, 6.45) is 3.94. The van der Waals surface area contributed by atoms with Crippen LogP contribution in [0.5, 0.6) is 0 Å². The minimum absolute atomic E-state index is 0.0406. The molecule has 2 aliphatic rings. The lowest BCUT2D eigenvalue weighted by molar-refractivity contribution is -0.127. The molecular formula is C25H31ClN4O4. The summed E-state index contributed by atoms with van der Waals surface area (Å²) in [5.74, 6) is -0.628. The van der Waals surface area contributed by atoms with Gasteiger partial charge in [-0.15, -0.1) is 0 Å². The van der Waals surface area contributed by atoms with E-state index in [-0.39, 0.29) is 36.5 Å². The van der Waals surface area contributed by atoms with E-state index < -0.39 is 17.4 Å². The summed E-state index contributed by atoms with van der Waals surface area (Å²) < 4.78 is 6.50. The van der Waals surface area contributed by atoms with Gasteiger partial charge in [0, 0.05) is 22.8 Å². The summed E-state index contributed by atoms with van der Waals surface area (Å²) in [4.78, 5) is 41.4. The molecule has 0 unspecified atom stereocenters. The fraction of sp³-hybridized carbons (Fsp3) is 0.520. The molecule has 1 aliphatic carbocycles. The molecule has 4 rings (SSSR count). The Labute approximate surface area is 204 Å². The van der Waals surface area contributed by atoms with Gasteiger partial charge in [-0.25, -0.2) is 4.79 Å². The van der Waals surface area contributed by atoms with Gasteiger partial charge >= 0.3 is 5.97 Å². The van der Waals surface area contributed by atoms with Gasteiger partial charge in [0.15, 0.2) is 5.69 Å². The van der Waals surface area contributed by atoms with Gasteiger partial charge in [0.2, 0.25) is 5.91 Å². The van der Waals surface area contributed by atoms with Crippen molar-refractivity contribution in [2.75, 3.05) is 11.5 Å². The first-order chi connectivity index (χ1) is 16.2. The van der Waals surface area contributed by atoms with Gasteiger partial charge in [-0.1, -0.05) is 24.6 Å². The van der Waals surface area contributed by atoms with Crippen LogP contribution in [0.1, 0.15) is 73.0 Å². The molecule has 1 atom stereocenters. The molecule has 2 heterocycles. The number of hydrogen-bond donors (Lipinski definition) is 1. The van der Waals surface area contributed by atoms with Crippen LogP contribution in [0, 0.1) is 12.8 Å². The van der Waals surface area contributed by atoms with Gasteiger partial charge in [0.25, 0.3) is 5.91 Å². The number of carbonyl (C=O) groups excluding carboxylic acids is 3. The first-order valence-electron chi connectivity index (χ1n) is 11.8. The van der Waals surface area contributed by atoms with E-state index in [0.29, 0.717) is 22.2 Å². The van der Waals surface area contributed by atoms with E-state index in [2.05, 4.69) is 17.3 Å². The van der Waals surface area contributed by atoms with Gasteiger partial charge in [-0.05, 0) is 70.1 Å². The third-order valence-corrected chi connectivity index (χ3v) is 7.37. The number of anilines is 1. The molecule has 182 valence electrons. The zero-order valence-electron chi connectivity index (χ0n) is 20.1. The molecule has 8 nitrogen and oxygen atoms in total. The summed E-state index contributed by atoms with van der Waals surface area (Å²) >= 11 is 6.39. The predicted molar refractivity (Wildman–Crippen MR) is 129 cm³/mol. The number of nitrogens with one attached hydrogen (secondary N) is 1. The second-order valence-electron chi connectivity index (χ2n) is 9.52. The lowest BCUT2D eigenvalue weighted by Gasteiger charge is -2.44. The van der Waals surface area contributed by atoms with Crippen molar-refractivity contribution >= 4 is 35.1 Å². The molecule has 2 aromatic rings. The number of carbonyl (C=O) groups is 3. The van der Waals surface area contributed by atoms with Crippen LogP contribution >= 0.6 is 11.6 Å². The van der Waals surface area contributed by atoms with E-state index in [4.69, 9.17) is 16.3 Å². The second-order valence-corrected chi connectivity index (χ2v) is 9.93. The molecule has 1 fully saturated rings. The van der Waals surface area contributed by atoms with Crippen LogP contribution in [0.25, 0.3) is 0 Å². The Bertz CT molecular complexity index is 1120. The zero-order chi connectivity index (χ0) is 24.6. The topological polar surface area (TPSA) is 93.5 Å². The molecule has 1 saturated carbocycles. The van der Waals surface area contributed by atoms with E-state index >= 15 is 0 Å². The molecule has 9 heteroatoms. The third-order valence-electron chi connectivity index (χ3n) is 6.96. The van der Waals surface area contributed by atoms with Crippen LogP contribution in [-0.4, -0.2) is 45.8 Å². The highest BCUT2D eigenvalue weighted by atomic mass is 35.5. The minimum Gasteiger partial charge on any atom is -0.461 e. The fourth-order valence-corrected chi connectivity index (χ4v) is 5.02. The number of rotatable bonds is 5. The summed E-state index contributed by atoms with van der Waals surface area (Å²) in [7, 11) is 0. The first-order valence-corrected chi connectivity index (χ1v) is 12.2. The van der Waals surface area contributed by atoms with Gasteiger partial charge in [0.05, 0.1) is 13.2 Å². The summed E-state index contributed by atoms with van der Waals surface area (Å²) in [6.45, 7) is 7.78. The van der Waals surface area contributed by atoms with E-state index in [9.17, 15) is 14.4 Å². The number of nitrogens with zero attached hydrogens (tertiary/aromatic N) is 3. The quantitative estimate of drug-likeness (QED) is 0.641. The van der Waals surface area contributed by atoms with Crippen LogP contribution < -0.4 is 10.2 Å². The Kier molecular flexibility index (Phi) is 6.71. The van der Waals surface area contributed by atoms with E-state index in [1.54, 1.807) is 32.0 Å². The number of hydrogen-bond acceptors (Lipinski definition) is 5. The van der Waals surface area contributed by atoms with Crippen LogP contribution in [0.4, 0.5) is 5.69 Å². The maximum atomic E-state index is 13.8. The van der Waals surface area contributed by atoms with Crippen LogP contribution in [0.3, 0.4) is 0 Å². The number of halogens is 1. The Morgan fingerprint density at radius 2 is 1.97 bits per heavy atom. The molecule has 1 aromatic heterocycles. The molecule has 0 spiro atoms. The molecule has 0 saturated heterocycles. The minimum atomic E-state index is -1.28. The van der Waals surface area contributed by atoms with Crippen molar-refractivity contribution in [3.05, 3.63) is 46.2 Å². The average molecular weight is 487 g/mol. The Balaban J connectivity index is 1.75. The van der Waals surface area contributed by atoms with Crippen LogP contribution in [0.15, 0.2) is 24.3 Å². The molecule has 0 radical (unpaired) electrons. The lowest BCUT2D eigenvalue weighted by atomic mass is 9.86. The summed E-state index contributed by atoms with van der Waals surface area (Å²) in [6, 6.07) is 6.78. The molecule has 1 aromatic carbocycles. The standard InChI is InChI=1S/C25H31ClN4O4/c1-5-34-23(32)19-13-21-22(31)30(20-8-6-7-18(26)16(20)3)25(4,14-29(21)28-19)24(33)27-17-11-9-15(2)10-12-17/h6-8,13,15,17H,5,9-12,14H2,1-4H3,(H,27,33)/t15?,17?,25-/m0/s1. The van der Waals surface area contributed by atoms with Crippen molar-refractivity contribution in [2.24, 2.45) is 5.92 Å². The molecule has 34 heavy (non-hydrogen) atoms. The highest BCUT2D eigenvalue weighted by Crippen LogP contribution is 2.37. The predicted octanol–water partition coefficient (Wildman–Crippen LogP) is 4.14. The second kappa shape index (κ2) is 9.41. The van der Waals surface area contributed by atoms with Gasteiger partial charge < -0.3 is 10.1 Å². The Hall–Kier alpha value is -2.87. The summed E-state index contributed by atoms with van der Waals surface area (Å²) in [5.41, 5.74) is 0.234. The average Bonchev–Trinajstić information content (AvgIpc) is 3.22. The number of amides is 2. The van der Waals surface area contributed by atoms with Gasteiger partial charge in [-0.2, -0.15) is 5.10 Å². The van der Waals surface area contributed by atoms with Gasteiger partial charge in [-0.3, -0.25) is 19.2 Å². The van der Waals surface area contributed by atoms with E-state index in [1.165, 1.54) is 15.6 Å². The molecule has 1 aliphatic heterocycles. The van der Waals surface area contributed by atoms with Crippen molar-refractivity contribution in [3.63, 3.8) is 0 Å². The number of fused-ring (bicyclic) bond motifs is 1. The first kappa shape index (κ1) is 24.3. The number of esters is 1. The van der Waals surface area contributed by atoms with Crippen molar-refractivity contribution in [1.29, 1.82) is 0 Å². The number of ether oxygens (including phenoxy) is 1. The maximum Gasteiger partial charge on any atom is 0.358 e. The zero-order valence-corrected chi connectivity index (χ0v) is 20.8. The molecule has 2 amide bonds. The highest BCUT2D eigenvalue weighted by Gasteiger charge is 2.50. The van der Waals surface area contributed by atoms with Crippen molar-refractivity contribution in [3.8, 4) is 0 Å². The van der Waals surface area contributed by atoms with Crippen LogP contribution in [0.2, 0.25) is 5.02 Å². The number of aromatic nitrogens is 2. The van der Waals surface area contributed by atoms with Crippen LogP contribution in [-0.2, 0) is 16.1 Å².